The molecule has 5 nitrogen and oxygen atoms in total. The summed E-state index contributed by atoms with van der Waals surface area (Å²) in [7, 11) is 0. The van der Waals surface area contributed by atoms with Crippen LogP contribution in [0.15, 0.2) is 48.5 Å². The molecule has 0 fully saturated rings. The highest BCUT2D eigenvalue weighted by atomic mass is 16.5. The molecule has 0 bridgehead atoms. The smallest absolute Gasteiger partial charge is 0.251 e. The monoisotopic (exact) mass is 354 g/mol. The zero-order chi connectivity index (χ0) is 18.9. The van der Waals surface area contributed by atoms with E-state index in [0.29, 0.717) is 18.7 Å². The summed E-state index contributed by atoms with van der Waals surface area (Å²) < 4.78 is 5.55. The molecule has 0 heterocycles. The topological polar surface area (TPSA) is 67.4 Å². The molecule has 0 saturated heterocycles. The second kappa shape index (κ2) is 9.73. The summed E-state index contributed by atoms with van der Waals surface area (Å²) in [6, 6.07) is 15.1. The average molecular weight is 354 g/mol. The first kappa shape index (κ1) is 19.7. The number of carbonyl (C=O) groups is 2. The summed E-state index contributed by atoms with van der Waals surface area (Å²) in [6.07, 6.45) is 0.198. The second-order valence-electron chi connectivity index (χ2n) is 6.50. The number of aryl methyl sites for hydroxylation is 1. The quantitative estimate of drug-likeness (QED) is 0.766. The summed E-state index contributed by atoms with van der Waals surface area (Å²) in [4.78, 5) is 23.9. The largest absolute Gasteiger partial charge is 0.374 e. The van der Waals surface area contributed by atoms with Crippen molar-refractivity contribution in [3.05, 3.63) is 70.8 Å². The summed E-state index contributed by atoms with van der Waals surface area (Å²) >= 11 is 0. The Balaban J connectivity index is 1.72. The van der Waals surface area contributed by atoms with Gasteiger partial charge in [0.05, 0.1) is 19.3 Å². The Morgan fingerprint density at radius 1 is 0.923 bits per heavy atom. The molecular formula is C21H26N2O3. The third-order valence-electron chi connectivity index (χ3n) is 3.82. The fourth-order valence-electron chi connectivity index (χ4n) is 2.25. The van der Waals surface area contributed by atoms with E-state index < -0.39 is 0 Å². The average Bonchev–Trinajstić information content (AvgIpc) is 2.64. The minimum atomic E-state index is -0.255. The Kier molecular flexibility index (Phi) is 7.36. The maximum atomic E-state index is 12.0. The van der Waals surface area contributed by atoms with Gasteiger partial charge in [0.2, 0.25) is 5.91 Å². The van der Waals surface area contributed by atoms with E-state index in [0.717, 1.165) is 16.7 Å². The van der Waals surface area contributed by atoms with E-state index in [1.165, 1.54) is 0 Å². The molecule has 0 radical (unpaired) electrons. The minimum Gasteiger partial charge on any atom is -0.374 e. The number of nitrogens with one attached hydrogen (secondary N) is 2. The fourth-order valence-corrected chi connectivity index (χ4v) is 2.25. The molecule has 2 rings (SSSR count). The lowest BCUT2D eigenvalue weighted by molar-refractivity contribution is -0.120. The second-order valence-corrected chi connectivity index (χ2v) is 6.50. The first-order valence-electron chi connectivity index (χ1n) is 8.75. The molecule has 26 heavy (non-hydrogen) atoms. The van der Waals surface area contributed by atoms with Crippen molar-refractivity contribution < 1.29 is 14.3 Å². The van der Waals surface area contributed by atoms with Gasteiger partial charge in [-0.25, -0.2) is 0 Å². The number of benzene rings is 2. The van der Waals surface area contributed by atoms with Crippen LogP contribution in [-0.4, -0.2) is 24.5 Å². The number of ether oxygens (including phenoxy) is 1. The van der Waals surface area contributed by atoms with Crippen molar-refractivity contribution in [2.75, 3.05) is 6.54 Å². The van der Waals surface area contributed by atoms with Gasteiger partial charge in [0.15, 0.2) is 0 Å². The lowest BCUT2D eigenvalue weighted by Crippen LogP contribution is -2.36. The molecule has 0 spiro atoms. The molecule has 0 atom stereocenters. The first-order chi connectivity index (χ1) is 12.4. The van der Waals surface area contributed by atoms with E-state index in [4.69, 9.17) is 4.74 Å². The van der Waals surface area contributed by atoms with Crippen molar-refractivity contribution in [2.45, 2.75) is 40.0 Å². The van der Waals surface area contributed by atoms with Crippen LogP contribution in [0, 0.1) is 6.92 Å². The highest BCUT2D eigenvalue weighted by molar-refractivity contribution is 5.96. The van der Waals surface area contributed by atoms with Crippen LogP contribution in [0.3, 0.4) is 0 Å². The Bertz CT molecular complexity index is 722. The Morgan fingerprint density at radius 3 is 2.15 bits per heavy atom. The molecule has 0 aromatic heterocycles. The highest BCUT2D eigenvalue weighted by Crippen LogP contribution is 2.07. The Morgan fingerprint density at radius 2 is 1.54 bits per heavy atom. The minimum absolute atomic E-state index is 0.0486. The van der Waals surface area contributed by atoms with Gasteiger partial charge in [0, 0.05) is 12.1 Å². The van der Waals surface area contributed by atoms with Crippen molar-refractivity contribution in [1.82, 2.24) is 10.6 Å². The summed E-state index contributed by atoms with van der Waals surface area (Å²) in [5.41, 5.74) is 3.72. The van der Waals surface area contributed by atoms with Crippen LogP contribution in [0.4, 0.5) is 0 Å². The van der Waals surface area contributed by atoms with E-state index in [-0.39, 0.29) is 24.5 Å². The van der Waals surface area contributed by atoms with Crippen LogP contribution >= 0.6 is 0 Å². The zero-order valence-corrected chi connectivity index (χ0v) is 15.5. The maximum Gasteiger partial charge on any atom is 0.251 e. The van der Waals surface area contributed by atoms with E-state index >= 15 is 0 Å². The van der Waals surface area contributed by atoms with Crippen molar-refractivity contribution in [3.63, 3.8) is 0 Å². The predicted octanol–water partition coefficient (Wildman–Crippen LogP) is 2.97. The number of rotatable bonds is 8. The molecule has 0 saturated carbocycles. The Labute approximate surface area is 154 Å². The molecular weight excluding hydrogens is 328 g/mol. The van der Waals surface area contributed by atoms with E-state index in [1.54, 1.807) is 12.1 Å². The fraction of sp³-hybridized carbons (Fsp3) is 0.333. The van der Waals surface area contributed by atoms with Gasteiger partial charge in [-0.05, 0) is 44.0 Å². The van der Waals surface area contributed by atoms with Crippen LogP contribution in [0.25, 0.3) is 0 Å². The number of carbonyl (C=O) groups excluding carboxylic acids is 2. The SMILES string of the molecule is Cc1ccc(C(=O)NCC(=O)NCc2ccc(COC(C)C)cc2)cc1. The molecule has 0 aliphatic rings. The molecule has 0 aliphatic carbocycles. The lowest BCUT2D eigenvalue weighted by atomic mass is 10.1. The standard InChI is InChI=1S/C21H26N2O3/c1-15(2)26-14-18-8-6-17(7-9-18)12-22-20(24)13-23-21(25)19-10-4-16(3)5-11-19/h4-11,15H,12-14H2,1-3H3,(H,22,24)(H,23,25). The van der Waals surface area contributed by atoms with Crippen molar-refractivity contribution >= 4 is 11.8 Å². The first-order valence-corrected chi connectivity index (χ1v) is 8.75. The van der Waals surface area contributed by atoms with E-state index in [2.05, 4.69) is 10.6 Å². The van der Waals surface area contributed by atoms with Crippen molar-refractivity contribution in [1.29, 1.82) is 0 Å². The molecule has 2 aromatic rings. The normalized spacial score (nSPS) is 10.6. The summed E-state index contributed by atoms with van der Waals surface area (Å²) in [5, 5.41) is 5.42. The van der Waals surface area contributed by atoms with Crippen LogP contribution in [-0.2, 0) is 22.7 Å². The third-order valence-corrected chi connectivity index (χ3v) is 3.82. The van der Waals surface area contributed by atoms with Crippen molar-refractivity contribution in [2.24, 2.45) is 0 Å². The zero-order valence-electron chi connectivity index (χ0n) is 15.5. The summed E-state index contributed by atoms with van der Waals surface area (Å²) in [6.45, 7) is 6.91. The van der Waals surface area contributed by atoms with Gasteiger partial charge in [-0.15, -0.1) is 0 Å². The highest BCUT2D eigenvalue weighted by Gasteiger charge is 2.07. The predicted molar refractivity (Wildman–Crippen MR) is 102 cm³/mol. The van der Waals surface area contributed by atoms with Crippen molar-refractivity contribution in [3.8, 4) is 0 Å². The van der Waals surface area contributed by atoms with Gasteiger partial charge in [-0.1, -0.05) is 42.0 Å². The van der Waals surface area contributed by atoms with E-state index in [9.17, 15) is 9.59 Å². The van der Waals surface area contributed by atoms with Gasteiger partial charge >= 0.3 is 0 Å². The van der Waals surface area contributed by atoms with Gasteiger partial charge < -0.3 is 15.4 Å². The molecule has 0 unspecified atom stereocenters. The maximum absolute atomic E-state index is 12.0. The third kappa shape index (κ3) is 6.69. The molecule has 2 amide bonds. The van der Waals surface area contributed by atoms with Crippen LogP contribution in [0.2, 0.25) is 0 Å². The molecule has 2 aromatic carbocycles. The lowest BCUT2D eigenvalue weighted by Gasteiger charge is -2.09. The van der Waals surface area contributed by atoms with Crippen LogP contribution in [0.5, 0.6) is 0 Å². The van der Waals surface area contributed by atoms with Crippen LogP contribution < -0.4 is 10.6 Å². The number of hydrogen-bond acceptors (Lipinski definition) is 3. The number of amides is 2. The molecule has 5 heteroatoms. The molecule has 0 aliphatic heterocycles. The van der Waals surface area contributed by atoms with Gasteiger partial charge in [0.1, 0.15) is 0 Å². The van der Waals surface area contributed by atoms with E-state index in [1.807, 2.05) is 57.2 Å². The molecule has 138 valence electrons. The van der Waals surface area contributed by atoms with Crippen LogP contribution in [0.1, 0.15) is 40.9 Å². The summed E-state index contributed by atoms with van der Waals surface area (Å²) in [5.74, 6) is -0.479. The Hall–Kier alpha value is -2.66. The molecule has 2 N–H and O–H groups in total. The van der Waals surface area contributed by atoms with Gasteiger partial charge in [-0.3, -0.25) is 9.59 Å². The van der Waals surface area contributed by atoms with Gasteiger partial charge in [-0.2, -0.15) is 0 Å². The number of hydrogen-bond donors (Lipinski definition) is 2. The van der Waals surface area contributed by atoms with Gasteiger partial charge in [0.25, 0.3) is 5.91 Å².